The minimum atomic E-state index is -0.724. The first-order chi connectivity index (χ1) is 11.9. The first-order valence-electron chi connectivity index (χ1n) is 8.45. The van der Waals surface area contributed by atoms with E-state index in [0.29, 0.717) is 18.7 Å². The number of hydrogen-bond donors (Lipinski definition) is 2. The summed E-state index contributed by atoms with van der Waals surface area (Å²) in [5, 5.41) is 5.41. The third kappa shape index (κ3) is 4.71. The second-order valence-electron chi connectivity index (χ2n) is 6.40. The second kappa shape index (κ2) is 8.50. The van der Waals surface area contributed by atoms with Gasteiger partial charge >= 0.3 is 6.09 Å². The Balaban J connectivity index is 2.09. The maximum absolute atomic E-state index is 12.9. The maximum Gasteiger partial charge on any atom is 0.407 e. The van der Waals surface area contributed by atoms with Crippen molar-refractivity contribution in [1.29, 1.82) is 0 Å². The molecule has 0 saturated carbocycles. The molecule has 2 atom stereocenters. The first-order valence-corrected chi connectivity index (χ1v) is 8.45. The Kier molecular flexibility index (Phi) is 6.38. The van der Waals surface area contributed by atoms with Crippen molar-refractivity contribution in [2.24, 2.45) is 5.92 Å². The summed E-state index contributed by atoms with van der Waals surface area (Å²) in [6, 6.07) is 7.88. The van der Waals surface area contributed by atoms with E-state index in [1.165, 1.54) is 7.11 Å². The van der Waals surface area contributed by atoms with Gasteiger partial charge in [-0.2, -0.15) is 0 Å². The number of rotatable bonds is 5. The molecule has 1 aliphatic heterocycles. The normalized spacial score (nSPS) is 17.9. The Labute approximate surface area is 147 Å². The van der Waals surface area contributed by atoms with E-state index in [2.05, 4.69) is 15.4 Å². The smallest absolute Gasteiger partial charge is 0.407 e. The molecule has 1 saturated heterocycles. The van der Waals surface area contributed by atoms with Crippen LogP contribution in [0.3, 0.4) is 0 Å². The van der Waals surface area contributed by atoms with Gasteiger partial charge in [0, 0.05) is 12.2 Å². The van der Waals surface area contributed by atoms with E-state index < -0.39 is 18.2 Å². The van der Waals surface area contributed by atoms with E-state index in [-0.39, 0.29) is 17.7 Å². The number of amides is 3. The number of likely N-dealkylation sites (tertiary alicyclic amines) is 1. The predicted molar refractivity (Wildman–Crippen MR) is 94.0 cm³/mol. The van der Waals surface area contributed by atoms with Gasteiger partial charge in [-0.15, -0.1) is 0 Å². The van der Waals surface area contributed by atoms with Crippen molar-refractivity contribution >= 4 is 23.6 Å². The molecule has 2 rings (SSSR count). The number of alkyl carbamates (subject to hydrolysis) is 1. The van der Waals surface area contributed by atoms with Crippen LogP contribution in [-0.2, 0) is 14.3 Å². The molecule has 1 aromatic carbocycles. The number of benzene rings is 1. The lowest BCUT2D eigenvalue weighted by molar-refractivity contribution is -0.139. The summed E-state index contributed by atoms with van der Waals surface area (Å²) in [6.07, 6.45) is 0.700. The Morgan fingerprint density at radius 2 is 1.88 bits per heavy atom. The predicted octanol–water partition coefficient (Wildman–Crippen LogP) is 2.00. The molecule has 3 amide bonds. The summed E-state index contributed by atoms with van der Waals surface area (Å²) >= 11 is 0. The van der Waals surface area contributed by atoms with Crippen LogP contribution in [0, 0.1) is 5.92 Å². The van der Waals surface area contributed by atoms with Gasteiger partial charge in [-0.25, -0.2) is 4.79 Å². The third-order valence-electron chi connectivity index (χ3n) is 4.27. The number of methoxy groups -OCH3 is 1. The molecular weight excluding hydrogens is 322 g/mol. The van der Waals surface area contributed by atoms with Crippen LogP contribution in [0.2, 0.25) is 0 Å². The van der Waals surface area contributed by atoms with E-state index in [1.54, 1.807) is 17.0 Å². The van der Waals surface area contributed by atoms with Crippen molar-refractivity contribution in [2.75, 3.05) is 19.0 Å². The summed E-state index contributed by atoms with van der Waals surface area (Å²) < 4.78 is 4.60. The van der Waals surface area contributed by atoms with Crippen LogP contribution in [0.15, 0.2) is 30.3 Å². The molecule has 0 bridgehead atoms. The van der Waals surface area contributed by atoms with Crippen molar-refractivity contribution in [1.82, 2.24) is 10.2 Å². The third-order valence-corrected chi connectivity index (χ3v) is 4.27. The van der Waals surface area contributed by atoms with Gasteiger partial charge in [0.25, 0.3) is 0 Å². The summed E-state index contributed by atoms with van der Waals surface area (Å²) in [7, 11) is 1.25. The molecule has 2 N–H and O–H groups in total. The molecule has 1 aliphatic rings. The van der Waals surface area contributed by atoms with Crippen LogP contribution >= 0.6 is 0 Å². The van der Waals surface area contributed by atoms with Gasteiger partial charge in [0.2, 0.25) is 11.8 Å². The van der Waals surface area contributed by atoms with Gasteiger partial charge in [0.05, 0.1) is 7.11 Å². The molecule has 0 aliphatic carbocycles. The number of nitrogens with zero attached hydrogens (tertiary/aromatic N) is 1. The lowest BCUT2D eigenvalue weighted by atomic mass is 10.0. The lowest BCUT2D eigenvalue weighted by Crippen LogP contribution is -2.54. The topological polar surface area (TPSA) is 87.7 Å². The zero-order chi connectivity index (χ0) is 18.4. The van der Waals surface area contributed by atoms with Crippen molar-refractivity contribution in [3.63, 3.8) is 0 Å². The highest BCUT2D eigenvalue weighted by molar-refractivity contribution is 5.98. The van der Waals surface area contributed by atoms with Gasteiger partial charge in [0.15, 0.2) is 0 Å². The standard InChI is InChI=1S/C18H25N3O4/c1-12(2)15(20-18(24)25-3)17(23)21-11-7-10-14(21)16(22)19-13-8-5-4-6-9-13/h4-6,8-9,12,14-15H,7,10-11H2,1-3H3,(H,19,22)(H,20,24)/t14-,15-/m0/s1. The molecule has 136 valence electrons. The first kappa shape index (κ1) is 18.8. The number of ether oxygens (including phenoxy) is 1. The van der Waals surface area contributed by atoms with E-state index >= 15 is 0 Å². The highest BCUT2D eigenvalue weighted by Crippen LogP contribution is 2.22. The van der Waals surface area contributed by atoms with E-state index in [9.17, 15) is 14.4 Å². The van der Waals surface area contributed by atoms with Crippen molar-refractivity contribution in [2.45, 2.75) is 38.8 Å². The molecular formula is C18H25N3O4. The zero-order valence-corrected chi connectivity index (χ0v) is 14.8. The second-order valence-corrected chi connectivity index (χ2v) is 6.40. The van der Waals surface area contributed by atoms with Crippen molar-refractivity contribution < 1.29 is 19.1 Å². The highest BCUT2D eigenvalue weighted by Gasteiger charge is 2.38. The summed E-state index contributed by atoms with van der Waals surface area (Å²) in [6.45, 7) is 4.18. The largest absolute Gasteiger partial charge is 0.453 e. The summed E-state index contributed by atoms with van der Waals surface area (Å²) in [5.74, 6) is -0.589. The van der Waals surface area contributed by atoms with Crippen LogP contribution in [0.4, 0.5) is 10.5 Å². The maximum atomic E-state index is 12.9. The molecule has 0 spiro atoms. The van der Waals surface area contributed by atoms with Crippen LogP contribution in [0.5, 0.6) is 0 Å². The van der Waals surface area contributed by atoms with Crippen molar-refractivity contribution in [3.8, 4) is 0 Å². The molecule has 0 radical (unpaired) electrons. The fourth-order valence-corrected chi connectivity index (χ4v) is 2.93. The fourth-order valence-electron chi connectivity index (χ4n) is 2.93. The Hall–Kier alpha value is -2.57. The Morgan fingerprint density at radius 1 is 1.20 bits per heavy atom. The molecule has 1 heterocycles. The fraction of sp³-hybridized carbons (Fsp3) is 0.500. The number of para-hydroxylation sites is 1. The molecule has 1 fully saturated rings. The lowest BCUT2D eigenvalue weighted by Gasteiger charge is -2.30. The van der Waals surface area contributed by atoms with Crippen LogP contribution in [0.25, 0.3) is 0 Å². The minimum Gasteiger partial charge on any atom is -0.453 e. The Bertz CT molecular complexity index is 618. The van der Waals surface area contributed by atoms with Crippen LogP contribution in [0.1, 0.15) is 26.7 Å². The van der Waals surface area contributed by atoms with Gasteiger partial charge in [-0.05, 0) is 30.9 Å². The number of carbonyl (C=O) groups excluding carboxylic acids is 3. The Morgan fingerprint density at radius 3 is 2.48 bits per heavy atom. The van der Waals surface area contributed by atoms with Gasteiger partial charge in [-0.3, -0.25) is 9.59 Å². The van der Waals surface area contributed by atoms with Crippen LogP contribution < -0.4 is 10.6 Å². The molecule has 0 aromatic heterocycles. The quantitative estimate of drug-likeness (QED) is 0.853. The summed E-state index contributed by atoms with van der Waals surface area (Å²) in [4.78, 5) is 38.5. The van der Waals surface area contributed by atoms with Gasteiger partial charge in [-0.1, -0.05) is 32.0 Å². The zero-order valence-electron chi connectivity index (χ0n) is 14.8. The minimum absolute atomic E-state index is 0.120. The molecule has 0 unspecified atom stereocenters. The number of hydrogen-bond acceptors (Lipinski definition) is 4. The van der Waals surface area contributed by atoms with E-state index in [4.69, 9.17) is 0 Å². The van der Waals surface area contributed by atoms with Gasteiger partial charge < -0.3 is 20.3 Å². The average molecular weight is 347 g/mol. The van der Waals surface area contributed by atoms with Crippen molar-refractivity contribution in [3.05, 3.63) is 30.3 Å². The molecule has 1 aromatic rings. The molecule has 7 nitrogen and oxygen atoms in total. The monoisotopic (exact) mass is 347 g/mol. The van der Waals surface area contributed by atoms with Crippen LogP contribution in [-0.4, -0.2) is 48.5 Å². The molecule has 25 heavy (non-hydrogen) atoms. The van der Waals surface area contributed by atoms with Gasteiger partial charge in [0.1, 0.15) is 12.1 Å². The molecule has 7 heteroatoms. The van der Waals surface area contributed by atoms with E-state index in [1.807, 2.05) is 32.0 Å². The number of carbonyl (C=O) groups is 3. The number of nitrogens with one attached hydrogen (secondary N) is 2. The SMILES string of the molecule is COC(=O)N[C@H](C(=O)N1CCC[C@H]1C(=O)Nc1ccccc1)C(C)C. The summed E-state index contributed by atoms with van der Waals surface area (Å²) in [5.41, 5.74) is 0.694. The number of anilines is 1. The van der Waals surface area contributed by atoms with E-state index in [0.717, 1.165) is 6.42 Å². The average Bonchev–Trinajstić information content (AvgIpc) is 3.09. The highest BCUT2D eigenvalue weighted by atomic mass is 16.5.